The predicted octanol–water partition coefficient (Wildman–Crippen LogP) is 1.56. The van der Waals surface area contributed by atoms with Gasteiger partial charge in [-0.25, -0.2) is 0 Å². The summed E-state index contributed by atoms with van der Waals surface area (Å²) in [5.74, 6) is 0.511. The molecule has 1 rings (SSSR count). The molecule has 1 aliphatic heterocycles. The standard InChI is InChI=1S/C27H55NO10/c1-26(2)27(4-6-28-7-5-27)38-25-24-37-23-22-36-21-20-35-19-18-34-17-16-33-15-14-32-13-12-31-11-10-30-9-8-29-3/h26,28H,4-25H2,1-3H3. The second-order valence-electron chi connectivity index (χ2n) is 9.21. The average molecular weight is 554 g/mol. The van der Waals surface area contributed by atoms with Crippen molar-refractivity contribution in [1.29, 1.82) is 0 Å². The highest BCUT2D eigenvalue weighted by molar-refractivity contribution is 4.89. The number of ether oxygens (including phenoxy) is 10. The normalized spacial score (nSPS) is 15.5. The van der Waals surface area contributed by atoms with Crippen molar-refractivity contribution in [1.82, 2.24) is 5.32 Å². The topological polar surface area (TPSA) is 104 Å². The fourth-order valence-corrected chi connectivity index (χ4v) is 3.83. The predicted molar refractivity (Wildman–Crippen MR) is 144 cm³/mol. The van der Waals surface area contributed by atoms with Crippen LogP contribution in [0.2, 0.25) is 0 Å². The van der Waals surface area contributed by atoms with Crippen molar-refractivity contribution < 1.29 is 47.4 Å². The zero-order chi connectivity index (χ0) is 27.4. The van der Waals surface area contributed by atoms with Gasteiger partial charge in [0.05, 0.1) is 125 Å². The van der Waals surface area contributed by atoms with Crippen LogP contribution < -0.4 is 5.32 Å². The Hall–Kier alpha value is -0.440. The maximum atomic E-state index is 6.23. The van der Waals surface area contributed by atoms with Gasteiger partial charge in [0.1, 0.15) is 0 Å². The fraction of sp³-hybridized carbons (Fsp3) is 1.00. The Balaban J connectivity index is 1.70. The van der Waals surface area contributed by atoms with E-state index in [9.17, 15) is 0 Å². The molecule has 0 amide bonds. The first-order valence-electron chi connectivity index (χ1n) is 14.2. The summed E-state index contributed by atoms with van der Waals surface area (Å²) in [5.41, 5.74) is -0.00879. The first kappa shape index (κ1) is 35.6. The van der Waals surface area contributed by atoms with Crippen molar-refractivity contribution >= 4 is 0 Å². The molecule has 1 N–H and O–H groups in total. The summed E-state index contributed by atoms with van der Waals surface area (Å²) in [6.07, 6.45) is 2.12. The highest BCUT2D eigenvalue weighted by Crippen LogP contribution is 2.31. The van der Waals surface area contributed by atoms with Gasteiger partial charge in [0, 0.05) is 7.11 Å². The van der Waals surface area contributed by atoms with Gasteiger partial charge in [-0.05, 0) is 31.8 Å². The second-order valence-corrected chi connectivity index (χ2v) is 9.21. The molecule has 0 aromatic heterocycles. The Morgan fingerprint density at radius 1 is 0.474 bits per heavy atom. The number of methoxy groups -OCH3 is 1. The molecule has 0 aromatic carbocycles. The minimum absolute atomic E-state index is 0.00879. The van der Waals surface area contributed by atoms with E-state index in [2.05, 4.69) is 19.2 Å². The lowest BCUT2D eigenvalue weighted by molar-refractivity contribution is -0.113. The van der Waals surface area contributed by atoms with E-state index in [1.165, 1.54) is 0 Å². The van der Waals surface area contributed by atoms with Gasteiger partial charge in [0.15, 0.2) is 0 Å². The van der Waals surface area contributed by atoms with Gasteiger partial charge >= 0.3 is 0 Å². The third-order valence-corrected chi connectivity index (χ3v) is 6.16. The van der Waals surface area contributed by atoms with Gasteiger partial charge in [0.25, 0.3) is 0 Å². The molecule has 0 aliphatic carbocycles. The van der Waals surface area contributed by atoms with Gasteiger partial charge in [0.2, 0.25) is 0 Å². The van der Waals surface area contributed by atoms with E-state index in [0.29, 0.717) is 125 Å². The van der Waals surface area contributed by atoms with Crippen LogP contribution in [0.5, 0.6) is 0 Å². The molecule has 38 heavy (non-hydrogen) atoms. The van der Waals surface area contributed by atoms with E-state index in [4.69, 9.17) is 47.4 Å². The minimum Gasteiger partial charge on any atom is -0.382 e. The molecule has 1 fully saturated rings. The number of hydrogen-bond donors (Lipinski definition) is 1. The third kappa shape index (κ3) is 20.5. The summed E-state index contributed by atoms with van der Waals surface area (Å²) >= 11 is 0. The summed E-state index contributed by atoms with van der Waals surface area (Å²) in [5, 5.41) is 3.40. The first-order chi connectivity index (χ1) is 18.7. The Kier molecular flexibility index (Phi) is 25.1. The first-order valence-corrected chi connectivity index (χ1v) is 14.2. The molecule has 1 saturated heterocycles. The Bertz CT molecular complexity index is 481. The lowest BCUT2D eigenvalue weighted by Crippen LogP contribution is -2.48. The van der Waals surface area contributed by atoms with Crippen LogP contribution in [0.3, 0.4) is 0 Å². The second kappa shape index (κ2) is 26.8. The number of hydrogen-bond acceptors (Lipinski definition) is 11. The Labute approximate surface area is 230 Å². The molecular formula is C27H55NO10. The van der Waals surface area contributed by atoms with E-state index in [1.807, 2.05) is 0 Å². The SMILES string of the molecule is COCCOCCOCCOCCOCCOCCOCCOCCOCCOC1(C(C)C)CCNCC1. The van der Waals surface area contributed by atoms with Crippen molar-refractivity contribution in [2.75, 3.05) is 139 Å². The van der Waals surface area contributed by atoms with Gasteiger partial charge < -0.3 is 52.7 Å². The van der Waals surface area contributed by atoms with Gasteiger partial charge in [-0.1, -0.05) is 13.8 Å². The number of nitrogens with one attached hydrogen (secondary N) is 1. The van der Waals surface area contributed by atoms with Gasteiger partial charge in [-0.2, -0.15) is 0 Å². The van der Waals surface area contributed by atoms with E-state index < -0.39 is 0 Å². The molecule has 0 radical (unpaired) electrons. The molecule has 0 atom stereocenters. The maximum absolute atomic E-state index is 6.23. The third-order valence-electron chi connectivity index (χ3n) is 6.16. The average Bonchev–Trinajstić information content (AvgIpc) is 2.93. The largest absolute Gasteiger partial charge is 0.382 e. The highest BCUT2D eigenvalue weighted by Gasteiger charge is 2.35. The highest BCUT2D eigenvalue weighted by atomic mass is 16.6. The van der Waals surface area contributed by atoms with Gasteiger partial charge in [-0.3, -0.25) is 0 Å². The molecule has 1 heterocycles. The van der Waals surface area contributed by atoms with Crippen molar-refractivity contribution in [2.24, 2.45) is 5.92 Å². The van der Waals surface area contributed by atoms with E-state index >= 15 is 0 Å². The van der Waals surface area contributed by atoms with Crippen molar-refractivity contribution in [3.63, 3.8) is 0 Å². The zero-order valence-corrected chi connectivity index (χ0v) is 24.2. The van der Waals surface area contributed by atoms with Crippen molar-refractivity contribution in [3.8, 4) is 0 Å². The van der Waals surface area contributed by atoms with E-state index in [0.717, 1.165) is 25.9 Å². The lowest BCUT2D eigenvalue weighted by Gasteiger charge is -2.41. The zero-order valence-electron chi connectivity index (χ0n) is 24.2. The van der Waals surface area contributed by atoms with Crippen molar-refractivity contribution in [3.05, 3.63) is 0 Å². The van der Waals surface area contributed by atoms with Crippen LogP contribution >= 0.6 is 0 Å². The Morgan fingerprint density at radius 3 is 1.05 bits per heavy atom. The quantitative estimate of drug-likeness (QED) is 0.137. The van der Waals surface area contributed by atoms with Crippen LogP contribution in [0.15, 0.2) is 0 Å². The summed E-state index contributed by atoms with van der Waals surface area (Å²) in [4.78, 5) is 0. The van der Waals surface area contributed by atoms with Gasteiger partial charge in [-0.15, -0.1) is 0 Å². The van der Waals surface area contributed by atoms with Crippen LogP contribution in [0.4, 0.5) is 0 Å². The fourth-order valence-electron chi connectivity index (χ4n) is 3.83. The molecule has 1 aliphatic rings. The molecule has 0 saturated carbocycles. The summed E-state index contributed by atoms with van der Waals surface area (Å²) in [6.45, 7) is 16.5. The summed E-state index contributed by atoms with van der Waals surface area (Å²) < 4.78 is 54.9. The van der Waals surface area contributed by atoms with Crippen molar-refractivity contribution in [2.45, 2.75) is 32.3 Å². The summed E-state index contributed by atoms with van der Waals surface area (Å²) in [6, 6.07) is 0. The molecule has 228 valence electrons. The Morgan fingerprint density at radius 2 is 0.763 bits per heavy atom. The van der Waals surface area contributed by atoms with E-state index in [-0.39, 0.29) is 5.60 Å². The molecule has 11 heteroatoms. The van der Waals surface area contributed by atoms with Crippen LogP contribution in [0.25, 0.3) is 0 Å². The lowest BCUT2D eigenvalue weighted by atomic mass is 9.82. The number of rotatable bonds is 29. The van der Waals surface area contributed by atoms with Crippen LogP contribution in [0, 0.1) is 5.92 Å². The molecule has 0 unspecified atom stereocenters. The molecule has 0 aromatic rings. The number of piperidine rings is 1. The van der Waals surface area contributed by atoms with E-state index in [1.54, 1.807) is 7.11 Å². The molecule has 0 bridgehead atoms. The van der Waals surface area contributed by atoms with Crippen LogP contribution in [0.1, 0.15) is 26.7 Å². The van der Waals surface area contributed by atoms with Crippen LogP contribution in [-0.2, 0) is 47.4 Å². The monoisotopic (exact) mass is 553 g/mol. The molecule has 0 spiro atoms. The van der Waals surface area contributed by atoms with Crippen LogP contribution in [-0.4, -0.2) is 145 Å². The molecular weight excluding hydrogens is 498 g/mol. The molecule has 11 nitrogen and oxygen atoms in total. The summed E-state index contributed by atoms with van der Waals surface area (Å²) in [7, 11) is 1.65. The maximum Gasteiger partial charge on any atom is 0.0730 e. The minimum atomic E-state index is -0.00879. The smallest absolute Gasteiger partial charge is 0.0730 e.